The third-order valence-corrected chi connectivity index (χ3v) is 9.41. The maximum absolute atomic E-state index is 13.9. The minimum Gasteiger partial charge on any atom is -0.493 e. The average Bonchev–Trinajstić information content (AvgIpc) is 3.54. The minimum atomic E-state index is -0.669. The molecule has 1 aromatic heterocycles. The van der Waals surface area contributed by atoms with Gasteiger partial charge in [-0.2, -0.15) is 11.8 Å². The van der Waals surface area contributed by atoms with Crippen molar-refractivity contribution in [1.29, 1.82) is 0 Å². The van der Waals surface area contributed by atoms with Gasteiger partial charge in [0.25, 0.3) is 5.91 Å². The van der Waals surface area contributed by atoms with Crippen molar-refractivity contribution in [3.63, 3.8) is 0 Å². The van der Waals surface area contributed by atoms with E-state index in [2.05, 4.69) is 10.6 Å². The molecule has 1 saturated heterocycles. The van der Waals surface area contributed by atoms with Crippen molar-refractivity contribution in [2.45, 2.75) is 38.3 Å². The maximum atomic E-state index is 13.9. The smallest absolute Gasteiger partial charge is 0.289 e. The number of fused-ring (bicyclic) bond motifs is 3. The summed E-state index contributed by atoms with van der Waals surface area (Å²) in [5.41, 5.74) is 2.95. The number of piperazine rings is 1. The van der Waals surface area contributed by atoms with Gasteiger partial charge in [0.1, 0.15) is 6.04 Å². The number of benzene rings is 1. The number of furan rings is 1. The van der Waals surface area contributed by atoms with Gasteiger partial charge in [-0.05, 0) is 78.3 Å². The Hall–Kier alpha value is -4.65. The lowest BCUT2D eigenvalue weighted by Crippen LogP contribution is -2.54. The number of methoxy groups -OCH3 is 3. The fourth-order valence-electron chi connectivity index (χ4n) is 6.41. The predicted molar refractivity (Wildman–Crippen MR) is 184 cm³/mol. The van der Waals surface area contributed by atoms with Crippen LogP contribution in [-0.2, 0) is 16.0 Å². The second kappa shape index (κ2) is 15.5. The molecule has 3 aromatic rings. The molecule has 2 aliphatic rings. The predicted octanol–water partition coefficient (Wildman–Crippen LogP) is 3.97. The highest BCUT2D eigenvalue weighted by Gasteiger charge is 2.32. The summed E-state index contributed by atoms with van der Waals surface area (Å²) < 4.78 is 22.4. The van der Waals surface area contributed by atoms with Gasteiger partial charge in [0.05, 0.1) is 39.3 Å². The summed E-state index contributed by atoms with van der Waals surface area (Å²) in [5.74, 6) is 1.80. The second-order valence-electron chi connectivity index (χ2n) is 11.7. The summed E-state index contributed by atoms with van der Waals surface area (Å²) in [6.45, 7) is 2.93. The summed E-state index contributed by atoms with van der Waals surface area (Å²) in [5, 5.41) is 6.29. The molecular formula is C35H42N4O8S. The Morgan fingerprint density at radius 3 is 2.35 bits per heavy atom. The molecule has 256 valence electrons. The Balaban J connectivity index is 1.49. The van der Waals surface area contributed by atoms with Crippen molar-refractivity contribution >= 4 is 35.2 Å². The number of nitrogens with one attached hydrogen (secondary N) is 2. The number of carbonyl (C=O) groups excluding carboxylic acids is 3. The number of hydrogen-bond acceptors (Lipinski definition) is 10. The van der Waals surface area contributed by atoms with E-state index in [9.17, 15) is 19.2 Å². The van der Waals surface area contributed by atoms with Gasteiger partial charge in [0.15, 0.2) is 17.3 Å². The van der Waals surface area contributed by atoms with E-state index >= 15 is 0 Å². The lowest BCUT2D eigenvalue weighted by atomic mass is 9.95. The van der Waals surface area contributed by atoms with Crippen molar-refractivity contribution in [3.05, 3.63) is 69.8 Å². The Labute approximate surface area is 284 Å². The molecule has 0 radical (unpaired) electrons. The van der Waals surface area contributed by atoms with Gasteiger partial charge in [0.2, 0.25) is 23.0 Å². The zero-order valence-electron chi connectivity index (χ0n) is 27.9. The van der Waals surface area contributed by atoms with E-state index in [0.29, 0.717) is 79.6 Å². The summed E-state index contributed by atoms with van der Waals surface area (Å²) in [7, 11) is 4.65. The Morgan fingerprint density at radius 2 is 1.73 bits per heavy atom. The third-order valence-electron chi connectivity index (χ3n) is 8.77. The van der Waals surface area contributed by atoms with Crippen molar-refractivity contribution in [2.24, 2.45) is 0 Å². The molecule has 0 unspecified atom stereocenters. The van der Waals surface area contributed by atoms with Crippen molar-refractivity contribution in [1.82, 2.24) is 15.1 Å². The molecule has 1 aliphatic heterocycles. The molecule has 0 spiro atoms. The van der Waals surface area contributed by atoms with E-state index in [1.807, 2.05) is 18.4 Å². The van der Waals surface area contributed by atoms with E-state index < -0.39 is 12.1 Å². The average molecular weight is 679 g/mol. The highest BCUT2D eigenvalue weighted by Crippen LogP contribution is 2.50. The van der Waals surface area contributed by atoms with Gasteiger partial charge < -0.3 is 39.1 Å². The summed E-state index contributed by atoms with van der Waals surface area (Å²) in [6.07, 6.45) is 5.04. The molecule has 2 N–H and O–H groups in total. The lowest BCUT2D eigenvalue weighted by molar-refractivity contribution is -0.133. The van der Waals surface area contributed by atoms with Crippen LogP contribution in [0.5, 0.6) is 17.2 Å². The van der Waals surface area contributed by atoms with Crippen LogP contribution >= 0.6 is 11.8 Å². The van der Waals surface area contributed by atoms with Gasteiger partial charge in [0, 0.05) is 38.7 Å². The number of carbonyl (C=O) groups is 3. The molecule has 5 rings (SSSR count). The Bertz CT molecular complexity index is 1710. The van der Waals surface area contributed by atoms with Crippen LogP contribution in [0.1, 0.15) is 47.5 Å². The normalized spacial score (nSPS) is 16.1. The summed E-state index contributed by atoms with van der Waals surface area (Å²) >= 11 is 1.61. The van der Waals surface area contributed by atoms with Crippen LogP contribution in [0.25, 0.3) is 11.1 Å². The molecular weight excluding hydrogens is 636 g/mol. The fourth-order valence-corrected chi connectivity index (χ4v) is 6.89. The monoisotopic (exact) mass is 678 g/mol. The highest BCUT2D eigenvalue weighted by molar-refractivity contribution is 7.98. The quantitative estimate of drug-likeness (QED) is 0.306. The first kappa shape index (κ1) is 34.7. The summed E-state index contributed by atoms with van der Waals surface area (Å²) in [6, 6.07) is 9.15. The Morgan fingerprint density at radius 1 is 1.00 bits per heavy atom. The van der Waals surface area contributed by atoms with Crippen LogP contribution < -0.4 is 30.3 Å². The van der Waals surface area contributed by atoms with E-state index in [-0.39, 0.29) is 34.6 Å². The van der Waals surface area contributed by atoms with Crippen LogP contribution in [0.15, 0.2) is 51.9 Å². The standard InChI is InChI=1S/C35H42N4O8S/c1-21(40)36-25-10-8-22-19-30(44-2)32(45-3)33(46-4)31(22)23-9-11-26(28(41)20-24(23)25)37-27(12-18-48-5)34(42)38-13-15-39(16-14-38)35(43)29-7-6-17-47-29/h6-7,9,11,17,19-20,25,27H,8,10,12-16,18H2,1-5H3,(H,36,40)(H,37,41)/t25-,27-/m0/s1. The van der Waals surface area contributed by atoms with Crippen LogP contribution in [0, 0.1) is 0 Å². The number of nitrogens with zero attached hydrogens (tertiary/aromatic N) is 2. The number of aryl methyl sites for hydroxylation is 1. The first-order chi connectivity index (χ1) is 23.2. The van der Waals surface area contributed by atoms with Crippen molar-refractivity contribution in [2.75, 3.05) is 64.8 Å². The molecule has 2 aromatic carbocycles. The number of thioether (sulfide) groups is 1. The van der Waals surface area contributed by atoms with Gasteiger partial charge in [-0.3, -0.25) is 19.2 Å². The molecule has 13 heteroatoms. The zero-order chi connectivity index (χ0) is 34.4. The second-order valence-corrected chi connectivity index (χ2v) is 12.7. The molecule has 2 atom stereocenters. The van der Waals surface area contributed by atoms with Gasteiger partial charge >= 0.3 is 0 Å². The van der Waals surface area contributed by atoms with Gasteiger partial charge in [-0.1, -0.05) is 6.07 Å². The van der Waals surface area contributed by atoms with Crippen LogP contribution in [0.3, 0.4) is 0 Å². The van der Waals surface area contributed by atoms with Crippen molar-refractivity contribution in [3.8, 4) is 28.4 Å². The summed E-state index contributed by atoms with van der Waals surface area (Å²) in [4.78, 5) is 56.3. The van der Waals surface area contributed by atoms with E-state index in [4.69, 9.17) is 18.6 Å². The Kier molecular flexibility index (Phi) is 11.2. The lowest BCUT2D eigenvalue weighted by Gasteiger charge is -2.36. The van der Waals surface area contributed by atoms with E-state index in [1.54, 1.807) is 60.0 Å². The zero-order valence-corrected chi connectivity index (χ0v) is 28.7. The SMILES string of the molecule is COc1cc2c(c(OC)c1OC)-c1ccc(N[C@@H](CCSC)C(=O)N3CCN(C(=O)c4ccco4)CC3)c(=O)cc1[C@@H](NC(C)=O)CC2. The van der Waals surface area contributed by atoms with Crippen LogP contribution in [0.4, 0.5) is 5.69 Å². The van der Waals surface area contributed by atoms with Crippen molar-refractivity contribution < 1.29 is 33.0 Å². The van der Waals surface area contributed by atoms with E-state index in [0.717, 1.165) is 11.1 Å². The molecule has 2 heterocycles. The third kappa shape index (κ3) is 7.25. The molecule has 1 aliphatic carbocycles. The number of ether oxygens (including phenoxy) is 3. The molecule has 1 fully saturated rings. The number of anilines is 1. The highest BCUT2D eigenvalue weighted by atomic mass is 32.2. The number of hydrogen-bond donors (Lipinski definition) is 2. The first-order valence-corrected chi connectivity index (χ1v) is 17.2. The largest absolute Gasteiger partial charge is 0.493 e. The molecule has 3 amide bonds. The first-order valence-electron chi connectivity index (χ1n) is 15.8. The minimum absolute atomic E-state index is 0.137. The van der Waals surface area contributed by atoms with Gasteiger partial charge in [-0.25, -0.2) is 0 Å². The van der Waals surface area contributed by atoms with Crippen LogP contribution in [0.2, 0.25) is 0 Å². The van der Waals surface area contributed by atoms with Gasteiger partial charge in [-0.15, -0.1) is 0 Å². The molecule has 48 heavy (non-hydrogen) atoms. The topological polar surface area (TPSA) is 140 Å². The molecule has 0 bridgehead atoms. The molecule has 12 nitrogen and oxygen atoms in total. The number of amides is 3. The molecule has 0 saturated carbocycles. The number of rotatable bonds is 11. The van der Waals surface area contributed by atoms with E-state index in [1.165, 1.54) is 20.3 Å². The fraction of sp³-hybridized carbons (Fsp3) is 0.429. The van der Waals surface area contributed by atoms with Crippen LogP contribution in [-0.4, -0.2) is 93.1 Å². The maximum Gasteiger partial charge on any atom is 0.289 e.